The minimum atomic E-state index is -0.275. The zero-order chi connectivity index (χ0) is 11.4. The summed E-state index contributed by atoms with van der Waals surface area (Å²) in [5.41, 5.74) is 3.44. The molecular weight excluding hydrogens is 226 g/mol. The molecule has 2 aromatic heterocycles. The van der Waals surface area contributed by atoms with E-state index in [-0.39, 0.29) is 12.4 Å². The number of aromatic nitrogens is 3. The molecule has 0 bridgehead atoms. The second-order valence-electron chi connectivity index (χ2n) is 3.01. The molecule has 0 aromatic carbocycles. The lowest BCUT2D eigenvalue weighted by Gasteiger charge is -2.02. The van der Waals surface area contributed by atoms with Gasteiger partial charge < -0.3 is 4.74 Å². The Kier molecular flexibility index (Phi) is 3.31. The van der Waals surface area contributed by atoms with Crippen LogP contribution in [-0.4, -0.2) is 27.1 Å². The molecule has 2 rings (SSSR count). The van der Waals surface area contributed by atoms with Crippen LogP contribution in [0.4, 0.5) is 0 Å². The highest BCUT2D eigenvalue weighted by atomic mass is 32.1. The molecule has 5 nitrogen and oxygen atoms in total. The quantitative estimate of drug-likeness (QED) is 0.749. The van der Waals surface area contributed by atoms with Gasteiger partial charge in [0.15, 0.2) is 5.51 Å². The molecule has 0 aliphatic carbocycles. The van der Waals surface area contributed by atoms with Gasteiger partial charge in [-0.1, -0.05) is 11.3 Å². The lowest BCUT2D eigenvalue weighted by atomic mass is 10.3. The molecule has 0 N–H and O–H groups in total. The van der Waals surface area contributed by atoms with Crippen LogP contribution < -0.4 is 0 Å². The van der Waals surface area contributed by atoms with Crippen LogP contribution in [0.3, 0.4) is 0 Å². The van der Waals surface area contributed by atoms with Gasteiger partial charge in [-0.15, -0.1) is 0 Å². The molecule has 83 valence electrons. The average Bonchev–Trinajstić information content (AvgIpc) is 2.86. The number of carbonyl (C=O) groups excluding carboxylic acids is 1. The van der Waals surface area contributed by atoms with Crippen molar-refractivity contribution < 1.29 is 9.53 Å². The van der Waals surface area contributed by atoms with Crippen molar-refractivity contribution in [2.45, 2.75) is 13.3 Å². The van der Waals surface area contributed by atoms with E-state index in [4.69, 9.17) is 4.74 Å². The van der Waals surface area contributed by atoms with E-state index in [9.17, 15) is 4.79 Å². The molecule has 0 saturated heterocycles. The van der Waals surface area contributed by atoms with E-state index in [1.165, 1.54) is 11.3 Å². The fraction of sp³-hybridized carbons (Fsp3) is 0.300. The molecule has 0 aliphatic rings. The maximum atomic E-state index is 11.3. The Morgan fingerprint density at radius 1 is 1.69 bits per heavy atom. The maximum absolute atomic E-state index is 11.3. The lowest BCUT2D eigenvalue weighted by molar-refractivity contribution is -0.142. The van der Waals surface area contributed by atoms with Gasteiger partial charge in [-0.3, -0.25) is 9.36 Å². The molecule has 2 heterocycles. The lowest BCUT2D eigenvalue weighted by Crippen LogP contribution is -2.09. The SMILES string of the molecule is CCOC(=O)Cc1n[c]sc1-n1ccnc1. The van der Waals surface area contributed by atoms with Crippen LogP contribution in [0.1, 0.15) is 12.6 Å². The predicted octanol–water partition coefficient (Wildman–Crippen LogP) is 1.23. The summed E-state index contributed by atoms with van der Waals surface area (Å²) < 4.78 is 6.68. The summed E-state index contributed by atoms with van der Waals surface area (Å²) in [6.45, 7) is 2.16. The Morgan fingerprint density at radius 2 is 2.56 bits per heavy atom. The van der Waals surface area contributed by atoms with E-state index < -0.39 is 0 Å². The van der Waals surface area contributed by atoms with Gasteiger partial charge in [-0.05, 0) is 6.92 Å². The Morgan fingerprint density at radius 3 is 3.25 bits per heavy atom. The highest BCUT2D eigenvalue weighted by Crippen LogP contribution is 2.18. The second-order valence-corrected chi connectivity index (χ2v) is 3.78. The van der Waals surface area contributed by atoms with Gasteiger partial charge in [0.2, 0.25) is 0 Å². The second kappa shape index (κ2) is 4.89. The summed E-state index contributed by atoms with van der Waals surface area (Å²) >= 11 is 1.35. The smallest absolute Gasteiger partial charge is 0.311 e. The molecule has 0 unspecified atom stereocenters. The molecule has 0 amide bonds. The van der Waals surface area contributed by atoms with Crippen LogP contribution in [0.25, 0.3) is 5.00 Å². The van der Waals surface area contributed by atoms with Gasteiger partial charge in [0.1, 0.15) is 5.00 Å². The standard InChI is InChI=1S/C10H10N3O2S/c1-2-15-9(14)5-8-10(16-7-12-8)13-4-3-11-6-13/h3-4,6H,2,5H2,1H3. The van der Waals surface area contributed by atoms with E-state index >= 15 is 0 Å². The van der Waals surface area contributed by atoms with E-state index in [1.54, 1.807) is 25.6 Å². The minimum absolute atomic E-state index is 0.168. The topological polar surface area (TPSA) is 57.0 Å². The predicted molar refractivity (Wildman–Crippen MR) is 58.4 cm³/mol. The van der Waals surface area contributed by atoms with Crippen LogP contribution in [0.15, 0.2) is 18.7 Å². The fourth-order valence-electron chi connectivity index (χ4n) is 1.27. The molecule has 1 radical (unpaired) electrons. The summed E-state index contributed by atoms with van der Waals surface area (Å²) in [6.07, 6.45) is 5.31. The average molecular weight is 236 g/mol. The third-order valence-electron chi connectivity index (χ3n) is 1.93. The van der Waals surface area contributed by atoms with Gasteiger partial charge in [-0.2, -0.15) is 0 Å². The van der Waals surface area contributed by atoms with Crippen LogP contribution >= 0.6 is 11.3 Å². The molecule has 0 atom stereocenters. The molecule has 0 fully saturated rings. The highest BCUT2D eigenvalue weighted by Gasteiger charge is 2.13. The number of thiazole rings is 1. The van der Waals surface area contributed by atoms with Crippen molar-refractivity contribution in [2.75, 3.05) is 6.61 Å². The van der Waals surface area contributed by atoms with Crippen molar-refractivity contribution in [3.8, 4) is 5.00 Å². The number of carbonyl (C=O) groups is 1. The maximum Gasteiger partial charge on any atom is 0.311 e. The zero-order valence-corrected chi connectivity index (χ0v) is 9.53. The van der Waals surface area contributed by atoms with Crippen molar-refractivity contribution in [1.82, 2.24) is 14.5 Å². The molecule has 0 aliphatic heterocycles. The summed E-state index contributed by atoms with van der Waals surface area (Å²) in [6, 6.07) is 0. The number of ether oxygens (including phenoxy) is 1. The van der Waals surface area contributed by atoms with Crippen molar-refractivity contribution in [3.05, 3.63) is 29.9 Å². The number of hydrogen-bond donors (Lipinski definition) is 0. The van der Waals surface area contributed by atoms with Crippen molar-refractivity contribution in [1.29, 1.82) is 0 Å². The largest absolute Gasteiger partial charge is 0.466 e. The van der Waals surface area contributed by atoms with E-state index in [0.717, 1.165) is 5.00 Å². The van der Waals surface area contributed by atoms with Crippen LogP contribution in [-0.2, 0) is 16.0 Å². The minimum Gasteiger partial charge on any atom is -0.466 e. The molecule has 2 aromatic rings. The van der Waals surface area contributed by atoms with Crippen LogP contribution in [0.2, 0.25) is 0 Å². The first-order chi connectivity index (χ1) is 7.81. The molecule has 16 heavy (non-hydrogen) atoms. The zero-order valence-electron chi connectivity index (χ0n) is 8.71. The van der Waals surface area contributed by atoms with Crippen molar-refractivity contribution in [2.24, 2.45) is 0 Å². The molecule has 0 saturated carbocycles. The number of hydrogen-bond acceptors (Lipinski definition) is 5. The van der Waals surface area contributed by atoms with Gasteiger partial charge in [0.05, 0.1) is 25.0 Å². The van der Waals surface area contributed by atoms with Crippen molar-refractivity contribution in [3.63, 3.8) is 0 Å². The van der Waals surface area contributed by atoms with Gasteiger partial charge in [-0.25, -0.2) is 9.97 Å². The number of rotatable bonds is 4. The fourth-order valence-corrected chi connectivity index (χ4v) is 1.96. The summed E-state index contributed by atoms with van der Waals surface area (Å²) in [5.74, 6) is -0.275. The summed E-state index contributed by atoms with van der Waals surface area (Å²) in [5, 5.41) is 0.852. The first-order valence-corrected chi connectivity index (χ1v) is 5.62. The Labute approximate surface area is 96.7 Å². The highest BCUT2D eigenvalue weighted by molar-refractivity contribution is 7.11. The van der Waals surface area contributed by atoms with Gasteiger partial charge in [0, 0.05) is 12.4 Å². The van der Waals surface area contributed by atoms with Crippen molar-refractivity contribution >= 4 is 17.3 Å². The molecule has 0 spiro atoms. The molecular formula is C10H10N3O2S. The monoisotopic (exact) mass is 236 g/mol. The number of imidazole rings is 1. The van der Waals surface area contributed by atoms with Crippen LogP contribution in [0.5, 0.6) is 0 Å². The summed E-state index contributed by atoms with van der Waals surface area (Å²) in [7, 11) is 0. The Hall–Kier alpha value is -1.69. The third-order valence-corrected chi connectivity index (χ3v) is 2.75. The first-order valence-electron chi connectivity index (χ1n) is 4.81. The third kappa shape index (κ3) is 2.27. The first kappa shape index (κ1) is 10.8. The van der Waals surface area contributed by atoms with E-state index in [0.29, 0.717) is 12.3 Å². The van der Waals surface area contributed by atoms with E-state index in [2.05, 4.69) is 15.5 Å². The van der Waals surface area contributed by atoms with Gasteiger partial charge >= 0.3 is 5.97 Å². The normalized spacial score (nSPS) is 10.3. The summed E-state index contributed by atoms with van der Waals surface area (Å²) in [4.78, 5) is 19.3. The number of nitrogens with zero attached hydrogens (tertiary/aromatic N) is 3. The Bertz CT molecular complexity index is 464. The van der Waals surface area contributed by atoms with Crippen LogP contribution in [0, 0.1) is 5.51 Å². The molecule has 6 heteroatoms. The number of esters is 1. The van der Waals surface area contributed by atoms with Gasteiger partial charge in [0.25, 0.3) is 0 Å². The Balaban J connectivity index is 2.17. The van der Waals surface area contributed by atoms with E-state index in [1.807, 2.05) is 4.57 Å².